The second kappa shape index (κ2) is 4.72. The van der Waals surface area contributed by atoms with Crippen molar-refractivity contribution in [3.63, 3.8) is 0 Å². The van der Waals surface area contributed by atoms with Gasteiger partial charge in [-0.2, -0.15) is 4.98 Å². The van der Waals surface area contributed by atoms with Crippen molar-refractivity contribution in [1.82, 2.24) is 10.1 Å². The van der Waals surface area contributed by atoms with E-state index in [2.05, 4.69) is 10.1 Å². The van der Waals surface area contributed by atoms with Crippen LogP contribution in [0.2, 0.25) is 0 Å². The van der Waals surface area contributed by atoms with Crippen LogP contribution in [0.3, 0.4) is 0 Å². The number of rotatable bonds is 4. The van der Waals surface area contributed by atoms with Crippen LogP contribution in [0.5, 0.6) is 0 Å². The minimum atomic E-state index is -0.542. The molecule has 6 heteroatoms. The molecule has 1 fully saturated rings. The van der Waals surface area contributed by atoms with E-state index in [1.807, 2.05) is 20.8 Å². The zero-order chi connectivity index (χ0) is 12.5. The fourth-order valence-corrected chi connectivity index (χ4v) is 1.88. The Bertz CT molecular complexity index is 378. The van der Waals surface area contributed by atoms with E-state index in [-0.39, 0.29) is 12.0 Å². The van der Waals surface area contributed by atoms with Crippen LogP contribution in [-0.4, -0.2) is 36.0 Å². The first kappa shape index (κ1) is 12.5. The third-order valence-corrected chi connectivity index (χ3v) is 2.93. The molecule has 0 aliphatic carbocycles. The van der Waals surface area contributed by atoms with Crippen LogP contribution < -0.4 is 5.73 Å². The minimum absolute atomic E-state index is 0.00586. The third kappa shape index (κ3) is 2.48. The molecule has 0 radical (unpaired) electrons. The standard InChI is InChI=1S/C11H19N3O3/c1-4-16-11(2,3)10-13-9(17-14-10)7-5-15-6-8(7)12/h7-8H,4-6,12H2,1-3H3. The van der Waals surface area contributed by atoms with Crippen molar-refractivity contribution >= 4 is 0 Å². The molecule has 1 aromatic heterocycles. The third-order valence-electron chi connectivity index (χ3n) is 2.93. The number of aromatic nitrogens is 2. The van der Waals surface area contributed by atoms with E-state index in [4.69, 9.17) is 19.7 Å². The summed E-state index contributed by atoms with van der Waals surface area (Å²) in [5.74, 6) is 1.08. The molecule has 0 bridgehead atoms. The van der Waals surface area contributed by atoms with Crippen molar-refractivity contribution in [3.8, 4) is 0 Å². The van der Waals surface area contributed by atoms with Crippen LogP contribution in [-0.2, 0) is 15.1 Å². The van der Waals surface area contributed by atoms with Gasteiger partial charge in [-0.1, -0.05) is 5.16 Å². The van der Waals surface area contributed by atoms with Gasteiger partial charge in [0, 0.05) is 12.6 Å². The summed E-state index contributed by atoms with van der Waals surface area (Å²) in [5, 5.41) is 3.96. The van der Waals surface area contributed by atoms with Crippen molar-refractivity contribution in [2.24, 2.45) is 5.73 Å². The van der Waals surface area contributed by atoms with Gasteiger partial charge in [0.1, 0.15) is 5.60 Å². The summed E-state index contributed by atoms with van der Waals surface area (Å²) in [7, 11) is 0. The van der Waals surface area contributed by atoms with E-state index in [0.717, 1.165) is 0 Å². The molecule has 6 nitrogen and oxygen atoms in total. The highest BCUT2D eigenvalue weighted by Gasteiger charge is 2.34. The molecule has 2 heterocycles. The van der Waals surface area contributed by atoms with E-state index >= 15 is 0 Å². The molecule has 2 unspecified atom stereocenters. The van der Waals surface area contributed by atoms with E-state index in [0.29, 0.717) is 31.5 Å². The number of hydrogen-bond donors (Lipinski definition) is 1. The Hall–Kier alpha value is -0.980. The lowest BCUT2D eigenvalue weighted by Gasteiger charge is -2.19. The van der Waals surface area contributed by atoms with Crippen molar-refractivity contribution in [2.45, 2.75) is 38.3 Å². The summed E-state index contributed by atoms with van der Waals surface area (Å²) < 4.78 is 16.1. The van der Waals surface area contributed by atoms with Crippen molar-refractivity contribution in [1.29, 1.82) is 0 Å². The average molecular weight is 241 g/mol. The molecule has 17 heavy (non-hydrogen) atoms. The zero-order valence-corrected chi connectivity index (χ0v) is 10.5. The minimum Gasteiger partial charge on any atom is -0.379 e. The van der Waals surface area contributed by atoms with Gasteiger partial charge in [-0.25, -0.2) is 0 Å². The lowest BCUT2D eigenvalue weighted by molar-refractivity contribution is -0.0221. The van der Waals surface area contributed by atoms with Gasteiger partial charge >= 0.3 is 0 Å². The summed E-state index contributed by atoms with van der Waals surface area (Å²) in [4.78, 5) is 4.37. The molecule has 0 aromatic carbocycles. The normalized spacial score (nSPS) is 25.4. The fourth-order valence-electron chi connectivity index (χ4n) is 1.88. The Balaban J connectivity index is 2.15. The van der Waals surface area contributed by atoms with Gasteiger partial charge in [0.15, 0.2) is 0 Å². The topological polar surface area (TPSA) is 83.4 Å². The molecule has 0 amide bonds. The molecule has 2 N–H and O–H groups in total. The van der Waals surface area contributed by atoms with E-state index in [9.17, 15) is 0 Å². The van der Waals surface area contributed by atoms with Gasteiger partial charge in [0.2, 0.25) is 11.7 Å². The van der Waals surface area contributed by atoms with Crippen LogP contribution in [0.4, 0.5) is 0 Å². The van der Waals surface area contributed by atoms with Crippen molar-refractivity contribution in [2.75, 3.05) is 19.8 Å². The van der Waals surface area contributed by atoms with Crippen LogP contribution in [0.1, 0.15) is 38.4 Å². The Labute approximate surface area is 100 Å². The molecule has 0 saturated carbocycles. The Morgan fingerprint density at radius 2 is 2.24 bits per heavy atom. The molecule has 1 saturated heterocycles. The second-order valence-corrected chi connectivity index (χ2v) is 4.71. The second-order valence-electron chi connectivity index (χ2n) is 4.71. The SMILES string of the molecule is CCOC(C)(C)c1noc(C2COCC2N)n1. The first-order valence-corrected chi connectivity index (χ1v) is 5.86. The highest BCUT2D eigenvalue weighted by Crippen LogP contribution is 2.27. The molecule has 1 aromatic rings. The molecule has 2 rings (SSSR count). The van der Waals surface area contributed by atoms with Gasteiger partial charge in [-0.05, 0) is 20.8 Å². The number of ether oxygens (including phenoxy) is 2. The van der Waals surface area contributed by atoms with Gasteiger partial charge in [-0.3, -0.25) is 0 Å². The van der Waals surface area contributed by atoms with Crippen molar-refractivity contribution in [3.05, 3.63) is 11.7 Å². The van der Waals surface area contributed by atoms with Gasteiger partial charge in [0.25, 0.3) is 0 Å². The number of nitrogens with zero attached hydrogens (tertiary/aromatic N) is 2. The zero-order valence-electron chi connectivity index (χ0n) is 10.5. The smallest absolute Gasteiger partial charge is 0.233 e. The highest BCUT2D eigenvalue weighted by atomic mass is 16.5. The molecule has 96 valence electrons. The monoisotopic (exact) mass is 241 g/mol. The largest absolute Gasteiger partial charge is 0.379 e. The van der Waals surface area contributed by atoms with Crippen LogP contribution in [0.15, 0.2) is 4.52 Å². The Kier molecular flexibility index (Phi) is 3.46. The van der Waals surface area contributed by atoms with Gasteiger partial charge < -0.3 is 19.7 Å². The predicted molar refractivity (Wildman–Crippen MR) is 60.5 cm³/mol. The molecular formula is C11H19N3O3. The number of nitrogens with two attached hydrogens (primary N) is 1. The summed E-state index contributed by atoms with van der Waals surface area (Å²) in [6.45, 7) is 7.44. The molecule has 0 spiro atoms. The van der Waals surface area contributed by atoms with E-state index in [1.54, 1.807) is 0 Å². The van der Waals surface area contributed by atoms with E-state index < -0.39 is 5.60 Å². The quantitative estimate of drug-likeness (QED) is 0.838. The maximum absolute atomic E-state index is 5.90. The van der Waals surface area contributed by atoms with Crippen LogP contribution >= 0.6 is 0 Å². The Morgan fingerprint density at radius 3 is 2.82 bits per heavy atom. The Morgan fingerprint density at radius 1 is 1.47 bits per heavy atom. The number of hydrogen-bond acceptors (Lipinski definition) is 6. The molecule has 1 aliphatic heterocycles. The van der Waals surface area contributed by atoms with Gasteiger partial charge in [-0.15, -0.1) is 0 Å². The fraction of sp³-hybridized carbons (Fsp3) is 0.818. The first-order valence-electron chi connectivity index (χ1n) is 5.86. The maximum atomic E-state index is 5.90. The summed E-state index contributed by atoms with van der Waals surface area (Å²) in [6, 6.07) is -0.0708. The molecule has 1 aliphatic rings. The van der Waals surface area contributed by atoms with Crippen LogP contribution in [0, 0.1) is 0 Å². The highest BCUT2D eigenvalue weighted by molar-refractivity contribution is 5.04. The summed E-state index contributed by atoms with van der Waals surface area (Å²) in [6.07, 6.45) is 0. The van der Waals surface area contributed by atoms with Gasteiger partial charge in [0.05, 0.1) is 19.1 Å². The summed E-state index contributed by atoms with van der Waals surface area (Å²) >= 11 is 0. The first-order chi connectivity index (χ1) is 8.04. The molecular weight excluding hydrogens is 222 g/mol. The lowest BCUT2D eigenvalue weighted by atomic mass is 10.0. The summed E-state index contributed by atoms with van der Waals surface area (Å²) in [5.41, 5.74) is 5.36. The van der Waals surface area contributed by atoms with Crippen LogP contribution in [0.25, 0.3) is 0 Å². The van der Waals surface area contributed by atoms with Crippen molar-refractivity contribution < 1.29 is 14.0 Å². The lowest BCUT2D eigenvalue weighted by Crippen LogP contribution is -2.27. The maximum Gasteiger partial charge on any atom is 0.233 e. The average Bonchev–Trinajstić information content (AvgIpc) is 2.85. The predicted octanol–water partition coefficient (Wildman–Crippen LogP) is 0.782. The van der Waals surface area contributed by atoms with E-state index in [1.165, 1.54) is 0 Å². The molecule has 2 atom stereocenters.